The van der Waals surface area contributed by atoms with Gasteiger partial charge in [-0.1, -0.05) is 0 Å². The second-order valence-electron chi connectivity index (χ2n) is 2.13. The zero-order valence-electron chi connectivity index (χ0n) is 6.20. The lowest BCUT2D eigenvalue weighted by Crippen LogP contribution is -2.30. The molecule has 1 unspecified atom stereocenters. The van der Waals surface area contributed by atoms with Crippen molar-refractivity contribution in [3.63, 3.8) is 0 Å². The van der Waals surface area contributed by atoms with Crippen LogP contribution in [-0.2, 0) is 19.7 Å². The van der Waals surface area contributed by atoms with Crippen LogP contribution in [0, 0.1) is 0 Å². The maximum Gasteiger partial charge on any atom is 0.221 e. The summed E-state index contributed by atoms with van der Waals surface area (Å²) in [6.07, 6.45) is 2.26. The highest BCUT2D eigenvalue weighted by Gasteiger charge is 2.15. The fraction of sp³-hybridized carbons (Fsp3) is 0.750. The molecule has 0 spiro atoms. The second-order valence-corrected chi connectivity index (χ2v) is 6.84. The highest BCUT2D eigenvalue weighted by molar-refractivity contribution is 8.08. The molecule has 0 amide bonds. The quantitative estimate of drug-likeness (QED) is 0.526. The Hall–Kier alpha value is -0.0700. The van der Waals surface area contributed by atoms with E-state index >= 15 is 0 Å². The summed E-state index contributed by atoms with van der Waals surface area (Å²) in [4.78, 5) is 0. The van der Waals surface area contributed by atoms with Crippen molar-refractivity contribution in [2.75, 3.05) is 19.6 Å². The molecule has 0 aromatic carbocycles. The van der Waals surface area contributed by atoms with Crippen molar-refractivity contribution in [3.05, 3.63) is 0 Å². The van der Waals surface area contributed by atoms with Crippen LogP contribution in [0.15, 0.2) is 0 Å². The predicted octanol–water partition coefficient (Wildman–Crippen LogP) is -0.861. The summed E-state index contributed by atoms with van der Waals surface area (Å²) >= 11 is 0. The van der Waals surface area contributed by atoms with Gasteiger partial charge in [0.2, 0.25) is 10.0 Å². The number of nitrogens with zero attached hydrogens (tertiary/aromatic N) is 1. The fourth-order valence-electron chi connectivity index (χ4n) is 0.286. The molecule has 0 aliphatic heterocycles. The molecule has 0 saturated heterocycles. The SMILES string of the molecule is C=S(C)(=O)N(C)S(C)(=O)=O. The molecule has 0 aliphatic rings. The molecule has 0 aliphatic carbocycles. The van der Waals surface area contributed by atoms with Crippen LogP contribution in [-0.4, -0.2) is 41.8 Å². The maximum absolute atomic E-state index is 11.0. The monoisotopic (exact) mass is 185 g/mol. The molecule has 0 radical (unpaired) electrons. The Morgan fingerprint density at radius 3 is 1.50 bits per heavy atom. The summed E-state index contributed by atoms with van der Waals surface area (Å²) in [6, 6.07) is 0. The summed E-state index contributed by atoms with van der Waals surface area (Å²) in [7, 11) is -4.74. The van der Waals surface area contributed by atoms with Gasteiger partial charge in [0.1, 0.15) is 0 Å². The Balaban J connectivity index is 4.94. The van der Waals surface area contributed by atoms with Gasteiger partial charge >= 0.3 is 0 Å². The van der Waals surface area contributed by atoms with Crippen LogP contribution >= 0.6 is 0 Å². The molecule has 0 heterocycles. The standard InChI is InChI=1S/C4H11NO3S2/c1-5(9(2,3)6)10(4,7)8/h2H2,1,3-4H3. The minimum atomic E-state index is -3.37. The van der Waals surface area contributed by atoms with Crippen LogP contribution < -0.4 is 0 Å². The van der Waals surface area contributed by atoms with Crippen molar-refractivity contribution in [2.24, 2.45) is 0 Å². The molecule has 62 valence electrons. The third-order valence-electron chi connectivity index (χ3n) is 1.01. The highest BCUT2D eigenvalue weighted by Crippen LogP contribution is 1.98. The Morgan fingerprint density at radius 1 is 1.20 bits per heavy atom. The van der Waals surface area contributed by atoms with Crippen molar-refractivity contribution < 1.29 is 12.6 Å². The summed E-state index contributed by atoms with van der Waals surface area (Å²) in [5.41, 5.74) is 0. The molecular formula is C4H11NO3S2. The summed E-state index contributed by atoms with van der Waals surface area (Å²) in [5.74, 6) is 3.21. The lowest BCUT2D eigenvalue weighted by molar-refractivity contribution is 0.562. The van der Waals surface area contributed by atoms with Crippen LogP contribution in [0.3, 0.4) is 0 Å². The van der Waals surface area contributed by atoms with Gasteiger partial charge in [-0.05, 0) is 5.87 Å². The van der Waals surface area contributed by atoms with Crippen molar-refractivity contribution in [1.29, 1.82) is 0 Å². The van der Waals surface area contributed by atoms with E-state index in [1.54, 1.807) is 0 Å². The molecule has 0 aromatic rings. The zero-order valence-corrected chi connectivity index (χ0v) is 7.83. The molecule has 4 nitrogen and oxygen atoms in total. The molecule has 0 bridgehead atoms. The molecule has 0 aromatic heterocycles. The topological polar surface area (TPSA) is 54.5 Å². The van der Waals surface area contributed by atoms with Gasteiger partial charge in [0.05, 0.1) is 6.26 Å². The van der Waals surface area contributed by atoms with E-state index in [1.807, 2.05) is 0 Å². The summed E-state index contributed by atoms with van der Waals surface area (Å²) in [6.45, 7) is 0. The number of hydrogen-bond donors (Lipinski definition) is 0. The van der Waals surface area contributed by atoms with Gasteiger partial charge in [-0.3, -0.25) is 4.21 Å². The lowest BCUT2D eigenvalue weighted by Gasteiger charge is -2.14. The predicted molar refractivity (Wildman–Crippen MR) is 43.8 cm³/mol. The molecule has 0 fully saturated rings. The first-order chi connectivity index (χ1) is 4.15. The number of sulfonamides is 1. The van der Waals surface area contributed by atoms with Crippen LogP contribution in [0.4, 0.5) is 0 Å². The average Bonchev–Trinajstić information content (AvgIpc) is 1.59. The van der Waals surface area contributed by atoms with E-state index in [2.05, 4.69) is 5.87 Å². The second kappa shape index (κ2) is 2.52. The van der Waals surface area contributed by atoms with Gasteiger partial charge < -0.3 is 0 Å². The zero-order chi connectivity index (χ0) is 8.58. The first-order valence-electron chi connectivity index (χ1n) is 2.42. The minimum absolute atomic E-state index is 0.764. The van der Waals surface area contributed by atoms with Crippen molar-refractivity contribution in [1.82, 2.24) is 3.71 Å². The molecule has 0 saturated carbocycles. The van der Waals surface area contributed by atoms with Gasteiger partial charge in [-0.25, -0.2) is 8.42 Å². The third-order valence-corrected chi connectivity index (χ3v) is 4.79. The Kier molecular flexibility index (Phi) is 2.50. The van der Waals surface area contributed by atoms with E-state index in [1.165, 1.54) is 13.3 Å². The van der Waals surface area contributed by atoms with E-state index in [-0.39, 0.29) is 0 Å². The smallest absolute Gasteiger partial charge is 0.221 e. The number of hydrogen-bond acceptors (Lipinski definition) is 3. The molecule has 6 heteroatoms. The molecular weight excluding hydrogens is 174 g/mol. The van der Waals surface area contributed by atoms with Gasteiger partial charge in [0, 0.05) is 23.0 Å². The Labute approximate surface area is 62.0 Å². The Morgan fingerprint density at radius 2 is 1.50 bits per heavy atom. The molecule has 10 heavy (non-hydrogen) atoms. The van der Waals surface area contributed by atoms with E-state index < -0.39 is 19.7 Å². The third kappa shape index (κ3) is 2.68. The van der Waals surface area contributed by atoms with Gasteiger partial charge in [-0.15, -0.1) is 3.71 Å². The van der Waals surface area contributed by atoms with Gasteiger partial charge in [0.15, 0.2) is 0 Å². The lowest BCUT2D eigenvalue weighted by atomic mass is 11.6. The van der Waals surface area contributed by atoms with E-state index in [0.717, 1.165) is 9.97 Å². The molecule has 0 rings (SSSR count). The van der Waals surface area contributed by atoms with Crippen LogP contribution in [0.1, 0.15) is 0 Å². The minimum Gasteiger partial charge on any atom is -0.252 e. The summed E-state index contributed by atoms with van der Waals surface area (Å²) < 4.78 is 33.1. The van der Waals surface area contributed by atoms with Gasteiger partial charge in [-0.2, -0.15) is 0 Å². The van der Waals surface area contributed by atoms with Crippen LogP contribution in [0.2, 0.25) is 0 Å². The van der Waals surface area contributed by atoms with Crippen molar-refractivity contribution in [2.45, 2.75) is 0 Å². The van der Waals surface area contributed by atoms with E-state index in [0.29, 0.717) is 0 Å². The fourth-order valence-corrected chi connectivity index (χ4v) is 2.58. The van der Waals surface area contributed by atoms with Crippen LogP contribution in [0.25, 0.3) is 0 Å². The normalized spacial score (nSPS) is 18.8. The molecule has 1 atom stereocenters. The Bertz CT molecular complexity index is 267. The molecule has 0 N–H and O–H groups in total. The maximum atomic E-state index is 11.0. The van der Waals surface area contributed by atoms with Crippen LogP contribution in [0.5, 0.6) is 0 Å². The van der Waals surface area contributed by atoms with Crippen molar-refractivity contribution >= 4 is 25.6 Å². The first-order valence-corrected chi connectivity index (χ1v) is 6.36. The number of rotatable bonds is 2. The summed E-state index contributed by atoms with van der Waals surface area (Å²) in [5, 5.41) is 0. The van der Waals surface area contributed by atoms with Gasteiger partial charge in [0.25, 0.3) is 0 Å². The largest absolute Gasteiger partial charge is 0.252 e. The average molecular weight is 185 g/mol. The highest BCUT2D eigenvalue weighted by atomic mass is 32.3. The van der Waals surface area contributed by atoms with E-state index in [4.69, 9.17) is 0 Å². The van der Waals surface area contributed by atoms with Crippen molar-refractivity contribution in [3.8, 4) is 0 Å². The van der Waals surface area contributed by atoms with E-state index in [9.17, 15) is 12.6 Å². The first kappa shape index (κ1) is 9.93.